The largest absolute Gasteiger partial charge is 0.497 e. The van der Waals surface area contributed by atoms with E-state index in [1.165, 1.54) is 12.1 Å². The molecule has 4 rings (SSSR count). The lowest BCUT2D eigenvalue weighted by Crippen LogP contribution is -2.46. The predicted octanol–water partition coefficient (Wildman–Crippen LogP) is 2.77. The molecule has 27 heavy (non-hydrogen) atoms. The van der Waals surface area contributed by atoms with Crippen LogP contribution in [0.15, 0.2) is 48.5 Å². The van der Waals surface area contributed by atoms with E-state index in [9.17, 15) is 15.2 Å². The molecule has 1 atom stereocenters. The Hall–Kier alpha value is -2.58. The number of amidine groups is 1. The summed E-state index contributed by atoms with van der Waals surface area (Å²) in [6.45, 7) is 1.30. The van der Waals surface area contributed by atoms with Crippen molar-refractivity contribution in [3.05, 3.63) is 64.2 Å². The number of anilines is 1. The zero-order chi connectivity index (χ0) is 19.0. The van der Waals surface area contributed by atoms with Crippen molar-refractivity contribution in [1.29, 1.82) is 0 Å². The van der Waals surface area contributed by atoms with Crippen LogP contribution in [-0.4, -0.2) is 45.7 Å². The van der Waals surface area contributed by atoms with Crippen LogP contribution in [-0.2, 0) is 5.72 Å². The molecule has 0 unspecified atom stereocenters. The van der Waals surface area contributed by atoms with Gasteiger partial charge in [0.25, 0.3) is 11.4 Å². The molecule has 140 valence electrons. The highest BCUT2D eigenvalue weighted by molar-refractivity contribution is 8.14. The first-order valence-corrected chi connectivity index (χ1v) is 9.68. The molecule has 0 radical (unpaired) electrons. The summed E-state index contributed by atoms with van der Waals surface area (Å²) in [7, 11) is 1.62. The smallest absolute Gasteiger partial charge is 0.316 e. The van der Waals surface area contributed by atoms with Crippen LogP contribution < -0.4 is 9.64 Å². The van der Waals surface area contributed by atoms with E-state index in [1.54, 1.807) is 31.0 Å². The number of non-ortho nitro benzene ring substituents is 1. The SMILES string of the molecule is COc1ccc(N2C3=[N+](CCCS3)C[C@@]2(O)c2ccc([N+](=O)[O-])cc2)cc1. The molecule has 0 saturated carbocycles. The number of nitrogens with zero attached hydrogens (tertiary/aromatic N) is 3. The van der Waals surface area contributed by atoms with Gasteiger partial charge in [-0.15, -0.1) is 0 Å². The van der Waals surface area contributed by atoms with Gasteiger partial charge in [-0.25, -0.2) is 4.58 Å². The van der Waals surface area contributed by atoms with Gasteiger partial charge in [0.05, 0.1) is 18.6 Å². The molecule has 0 aliphatic carbocycles. The molecule has 0 amide bonds. The Kier molecular flexibility index (Phi) is 4.53. The van der Waals surface area contributed by atoms with Gasteiger partial charge in [0.2, 0.25) is 0 Å². The highest BCUT2D eigenvalue weighted by Gasteiger charge is 2.55. The van der Waals surface area contributed by atoms with E-state index in [1.807, 2.05) is 29.2 Å². The Balaban J connectivity index is 1.78. The third kappa shape index (κ3) is 3.04. The Bertz CT molecular complexity index is 898. The Morgan fingerprint density at radius 1 is 1.22 bits per heavy atom. The number of thioether (sulfide) groups is 1. The van der Waals surface area contributed by atoms with E-state index < -0.39 is 10.6 Å². The lowest BCUT2D eigenvalue weighted by atomic mass is 10.0. The maximum atomic E-state index is 11.7. The average molecular weight is 386 g/mol. The van der Waals surface area contributed by atoms with Crippen LogP contribution in [0.5, 0.6) is 5.75 Å². The fraction of sp³-hybridized carbons (Fsp3) is 0.316. The van der Waals surface area contributed by atoms with E-state index in [0.717, 1.165) is 35.3 Å². The van der Waals surface area contributed by atoms with Crippen LogP contribution in [0, 0.1) is 10.1 Å². The third-order valence-electron chi connectivity index (χ3n) is 4.92. The average Bonchev–Trinajstić information content (AvgIpc) is 3.01. The molecule has 0 fully saturated rings. The number of benzene rings is 2. The van der Waals surface area contributed by atoms with Gasteiger partial charge in [-0.05, 0) is 54.6 Å². The summed E-state index contributed by atoms with van der Waals surface area (Å²) in [5.41, 5.74) is 0.196. The minimum absolute atomic E-state index is 0.0103. The summed E-state index contributed by atoms with van der Waals surface area (Å²) in [4.78, 5) is 12.5. The third-order valence-corrected chi connectivity index (χ3v) is 6.11. The second kappa shape index (κ2) is 6.86. The molecule has 2 aliphatic rings. The number of rotatable bonds is 4. The molecule has 2 aromatic carbocycles. The Morgan fingerprint density at radius 2 is 1.93 bits per heavy atom. The molecule has 0 saturated heterocycles. The van der Waals surface area contributed by atoms with Crippen LogP contribution in [0.1, 0.15) is 12.0 Å². The van der Waals surface area contributed by atoms with E-state index in [4.69, 9.17) is 4.74 Å². The van der Waals surface area contributed by atoms with Crippen molar-refractivity contribution in [2.75, 3.05) is 30.9 Å². The first-order chi connectivity index (χ1) is 13.0. The Labute approximate surface area is 161 Å². The van der Waals surface area contributed by atoms with Crippen molar-refractivity contribution in [1.82, 2.24) is 0 Å². The highest BCUT2D eigenvalue weighted by atomic mass is 32.2. The summed E-state index contributed by atoms with van der Waals surface area (Å²) >= 11 is 1.72. The number of hydrogen-bond donors (Lipinski definition) is 1. The summed E-state index contributed by atoms with van der Waals surface area (Å²) in [6.07, 6.45) is 1.06. The normalized spacial score (nSPS) is 21.9. The second-order valence-corrected chi connectivity index (χ2v) is 7.62. The minimum Gasteiger partial charge on any atom is -0.497 e. The fourth-order valence-corrected chi connectivity index (χ4v) is 4.76. The summed E-state index contributed by atoms with van der Waals surface area (Å²) in [5.74, 6) is 1.74. The summed E-state index contributed by atoms with van der Waals surface area (Å²) in [6, 6.07) is 13.7. The van der Waals surface area contributed by atoms with Gasteiger partial charge < -0.3 is 9.84 Å². The van der Waals surface area contributed by atoms with Gasteiger partial charge in [-0.3, -0.25) is 10.1 Å². The number of aliphatic hydroxyl groups is 1. The predicted molar refractivity (Wildman–Crippen MR) is 105 cm³/mol. The second-order valence-electron chi connectivity index (χ2n) is 6.56. The molecule has 2 heterocycles. The van der Waals surface area contributed by atoms with Crippen molar-refractivity contribution in [2.24, 2.45) is 0 Å². The molecule has 0 aromatic heterocycles. The first-order valence-electron chi connectivity index (χ1n) is 8.69. The van der Waals surface area contributed by atoms with E-state index in [0.29, 0.717) is 12.1 Å². The van der Waals surface area contributed by atoms with Gasteiger partial charge in [-0.2, -0.15) is 4.90 Å². The quantitative estimate of drug-likeness (QED) is 0.495. The van der Waals surface area contributed by atoms with Crippen LogP contribution in [0.3, 0.4) is 0 Å². The number of methoxy groups -OCH3 is 1. The molecule has 0 bridgehead atoms. The zero-order valence-electron chi connectivity index (χ0n) is 14.9. The van der Waals surface area contributed by atoms with Gasteiger partial charge in [0.1, 0.15) is 11.4 Å². The first kappa shape index (κ1) is 17.8. The minimum atomic E-state index is -1.30. The maximum absolute atomic E-state index is 11.7. The maximum Gasteiger partial charge on any atom is 0.316 e. The lowest BCUT2D eigenvalue weighted by Gasteiger charge is -2.28. The van der Waals surface area contributed by atoms with Crippen LogP contribution in [0.4, 0.5) is 11.4 Å². The molecule has 2 aliphatic heterocycles. The van der Waals surface area contributed by atoms with Crippen LogP contribution in [0.2, 0.25) is 0 Å². The van der Waals surface area contributed by atoms with E-state index in [2.05, 4.69) is 4.58 Å². The topological polar surface area (TPSA) is 78.8 Å². The summed E-state index contributed by atoms with van der Waals surface area (Å²) < 4.78 is 7.42. The van der Waals surface area contributed by atoms with Crippen molar-refractivity contribution in [3.8, 4) is 5.75 Å². The van der Waals surface area contributed by atoms with Crippen LogP contribution >= 0.6 is 11.8 Å². The summed E-state index contributed by atoms with van der Waals surface area (Å²) in [5, 5.41) is 23.7. The molecule has 1 N–H and O–H groups in total. The highest BCUT2D eigenvalue weighted by Crippen LogP contribution is 2.40. The van der Waals surface area contributed by atoms with Crippen molar-refractivity contribution in [3.63, 3.8) is 0 Å². The van der Waals surface area contributed by atoms with Crippen molar-refractivity contribution >= 4 is 28.3 Å². The fourth-order valence-electron chi connectivity index (χ4n) is 3.58. The molecular formula is C19H20N3O4S+. The molecule has 8 heteroatoms. The zero-order valence-corrected chi connectivity index (χ0v) is 15.7. The van der Waals surface area contributed by atoms with Crippen molar-refractivity contribution in [2.45, 2.75) is 12.1 Å². The lowest BCUT2D eigenvalue weighted by molar-refractivity contribution is -0.532. The van der Waals surface area contributed by atoms with E-state index in [-0.39, 0.29) is 5.69 Å². The van der Waals surface area contributed by atoms with E-state index >= 15 is 0 Å². The number of ether oxygens (including phenoxy) is 1. The monoisotopic (exact) mass is 386 g/mol. The van der Waals surface area contributed by atoms with Gasteiger partial charge in [0.15, 0.2) is 6.54 Å². The van der Waals surface area contributed by atoms with Gasteiger partial charge in [0, 0.05) is 23.4 Å². The molecule has 0 spiro atoms. The molecule has 7 nitrogen and oxygen atoms in total. The standard InChI is InChI=1S/C19H20N3O4S/c1-26-17-9-7-15(8-10-17)21-18-20(11-2-12-27-18)13-19(21,23)14-3-5-16(6-4-14)22(24)25/h3-10,23H,2,11-13H2,1H3/q+1/t19-/m1/s1. The number of hydrogen-bond acceptors (Lipinski definition) is 6. The van der Waals surface area contributed by atoms with Crippen molar-refractivity contribution < 1.29 is 19.3 Å². The molecular weight excluding hydrogens is 366 g/mol. The Morgan fingerprint density at radius 3 is 2.56 bits per heavy atom. The van der Waals surface area contributed by atoms with Crippen LogP contribution in [0.25, 0.3) is 0 Å². The number of nitro benzene ring substituents is 1. The van der Waals surface area contributed by atoms with Gasteiger partial charge >= 0.3 is 5.17 Å². The van der Waals surface area contributed by atoms with Gasteiger partial charge in [-0.1, -0.05) is 0 Å². The number of nitro groups is 1. The molecule has 2 aromatic rings.